The Labute approximate surface area is 96.8 Å². The maximum atomic E-state index is 13.3. The van der Waals surface area contributed by atoms with Crippen LogP contribution in [0.1, 0.15) is 5.56 Å². The highest BCUT2D eigenvalue weighted by molar-refractivity contribution is 5.16. The van der Waals surface area contributed by atoms with Gasteiger partial charge < -0.3 is 10.2 Å². The summed E-state index contributed by atoms with van der Waals surface area (Å²) >= 11 is 0. The molecule has 0 radical (unpaired) electrons. The zero-order valence-corrected chi connectivity index (χ0v) is 9.75. The van der Waals surface area contributed by atoms with E-state index in [2.05, 4.69) is 16.8 Å². The number of nitrogens with one attached hydrogen (secondary N) is 1. The first-order valence-corrected chi connectivity index (χ1v) is 5.47. The minimum atomic E-state index is -0.131. The standard InChI is InChI=1S/C13H19FN2/c1-3-8-15-9-10-16(2)11-12-6-4-5-7-13(12)14/h3-7,15H,1,8-11H2,2H3. The normalized spacial score (nSPS) is 10.7. The average Bonchev–Trinajstić information content (AvgIpc) is 2.28. The number of hydrogen-bond acceptors (Lipinski definition) is 2. The van der Waals surface area contributed by atoms with Gasteiger partial charge in [0.25, 0.3) is 0 Å². The summed E-state index contributed by atoms with van der Waals surface area (Å²) in [6, 6.07) is 6.90. The zero-order valence-electron chi connectivity index (χ0n) is 9.75. The van der Waals surface area contributed by atoms with E-state index in [0.717, 1.165) is 25.2 Å². The molecule has 0 atom stereocenters. The first-order valence-electron chi connectivity index (χ1n) is 5.47. The van der Waals surface area contributed by atoms with Crippen LogP contribution in [0.3, 0.4) is 0 Å². The van der Waals surface area contributed by atoms with E-state index in [1.165, 1.54) is 6.07 Å². The van der Waals surface area contributed by atoms with Crippen molar-refractivity contribution in [2.75, 3.05) is 26.7 Å². The van der Waals surface area contributed by atoms with E-state index in [9.17, 15) is 4.39 Å². The minimum Gasteiger partial charge on any atom is -0.312 e. The summed E-state index contributed by atoms with van der Waals surface area (Å²) in [5.41, 5.74) is 0.744. The van der Waals surface area contributed by atoms with Gasteiger partial charge in [0, 0.05) is 31.7 Å². The van der Waals surface area contributed by atoms with Gasteiger partial charge in [0.15, 0.2) is 0 Å². The fraction of sp³-hybridized carbons (Fsp3) is 0.385. The lowest BCUT2D eigenvalue weighted by atomic mass is 10.2. The summed E-state index contributed by atoms with van der Waals surface area (Å²) in [5.74, 6) is -0.131. The SMILES string of the molecule is C=CCNCCN(C)Cc1ccccc1F. The molecule has 0 amide bonds. The molecule has 0 bridgehead atoms. The second-order valence-corrected chi connectivity index (χ2v) is 3.82. The number of nitrogens with zero attached hydrogens (tertiary/aromatic N) is 1. The predicted octanol–water partition coefficient (Wildman–Crippen LogP) is 2.03. The highest BCUT2D eigenvalue weighted by atomic mass is 19.1. The molecule has 0 fully saturated rings. The summed E-state index contributed by atoms with van der Waals surface area (Å²) in [6.07, 6.45) is 1.83. The number of hydrogen-bond donors (Lipinski definition) is 1. The van der Waals surface area contributed by atoms with Crippen molar-refractivity contribution in [3.8, 4) is 0 Å². The Morgan fingerprint density at radius 2 is 2.19 bits per heavy atom. The van der Waals surface area contributed by atoms with Crippen molar-refractivity contribution in [3.63, 3.8) is 0 Å². The van der Waals surface area contributed by atoms with E-state index < -0.39 is 0 Å². The molecule has 1 aromatic rings. The van der Waals surface area contributed by atoms with E-state index in [0.29, 0.717) is 6.54 Å². The van der Waals surface area contributed by atoms with Crippen molar-refractivity contribution >= 4 is 0 Å². The Morgan fingerprint density at radius 3 is 2.88 bits per heavy atom. The second kappa shape index (κ2) is 7.14. The van der Waals surface area contributed by atoms with Gasteiger partial charge in [0.05, 0.1) is 0 Å². The van der Waals surface area contributed by atoms with E-state index >= 15 is 0 Å². The van der Waals surface area contributed by atoms with Gasteiger partial charge >= 0.3 is 0 Å². The van der Waals surface area contributed by atoms with Crippen molar-refractivity contribution in [3.05, 3.63) is 48.3 Å². The lowest BCUT2D eigenvalue weighted by molar-refractivity contribution is 0.321. The van der Waals surface area contributed by atoms with Gasteiger partial charge in [-0.2, -0.15) is 0 Å². The number of likely N-dealkylation sites (N-methyl/N-ethyl adjacent to an activating group) is 1. The van der Waals surface area contributed by atoms with Gasteiger partial charge in [-0.05, 0) is 13.1 Å². The Morgan fingerprint density at radius 1 is 1.44 bits per heavy atom. The van der Waals surface area contributed by atoms with Crippen molar-refractivity contribution in [1.82, 2.24) is 10.2 Å². The number of halogens is 1. The predicted molar refractivity (Wildman–Crippen MR) is 65.8 cm³/mol. The van der Waals surface area contributed by atoms with Crippen molar-refractivity contribution < 1.29 is 4.39 Å². The highest BCUT2D eigenvalue weighted by Crippen LogP contribution is 2.08. The van der Waals surface area contributed by atoms with Gasteiger partial charge in [-0.1, -0.05) is 24.3 Å². The Kier molecular flexibility index (Phi) is 5.75. The van der Waals surface area contributed by atoms with Crippen molar-refractivity contribution in [2.24, 2.45) is 0 Å². The molecule has 0 saturated heterocycles. The Bertz CT molecular complexity index is 325. The van der Waals surface area contributed by atoms with Crippen LogP contribution in [0.2, 0.25) is 0 Å². The quantitative estimate of drug-likeness (QED) is 0.561. The van der Waals surface area contributed by atoms with Gasteiger partial charge in [-0.25, -0.2) is 4.39 Å². The molecule has 1 rings (SSSR count). The third-order valence-electron chi connectivity index (χ3n) is 2.36. The molecule has 0 saturated carbocycles. The summed E-state index contributed by atoms with van der Waals surface area (Å²) in [5, 5.41) is 3.21. The summed E-state index contributed by atoms with van der Waals surface area (Å²) in [7, 11) is 1.99. The topological polar surface area (TPSA) is 15.3 Å². The number of rotatable bonds is 7. The van der Waals surface area contributed by atoms with E-state index in [4.69, 9.17) is 0 Å². The maximum absolute atomic E-state index is 13.3. The van der Waals surface area contributed by atoms with E-state index in [1.54, 1.807) is 6.07 Å². The summed E-state index contributed by atoms with van der Waals surface area (Å²) in [6.45, 7) is 6.86. The van der Waals surface area contributed by atoms with E-state index in [-0.39, 0.29) is 5.82 Å². The molecule has 1 N–H and O–H groups in total. The third-order valence-corrected chi connectivity index (χ3v) is 2.36. The lowest BCUT2D eigenvalue weighted by Gasteiger charge is -2.17. The van der Waals surface area contributed by atoms with Crippen molar-refractivity contribution in [2.45, 2.75) is 6.54 Å². The van der Waals surface area contributed by atoms with E-state index in [1.807, 2.05) is 25.3 Å². The molecule has 88 valence electrons. The molecule has 0 aliphatic heterocycles. The second-order valence-electron chi connectivity index (χ2n) is 3.82. The van der Waals surface area contributed by atoms with Crippen LogP contribution in [0.25, 0.3) is 0 Å². The number of benzene rings is 1. The van der Waals surface area contributed by atoms with Crippen LogP contribution in [0.5, 0.6) is 0 Å². The van der Waals surface area contributed by atoms with Crippen LogP contribution in [0.15, 0.2) is 36.9 Å². The first-order chi connectivity index (χ1) is 7.74. The molecule has 0 aliphatic carbocycles. The van der Waals surface area contributed by atoms with Gasteiger partial charge in [-0.15, -0.1) is 6.58 Å². The fourth-order valence-electron chi connectivity index (χ4n) is 1.47. The fourth-order valence-corrected chi connectivity index (χ4v) is 1.47. The molecule has 0 aliphatic rings. The smallest absolute Gasteiger partial charge is 0.127 e. The molecular formula is C13H19FN2. The van der Waals surface area contributed by atoms with Crippen LogP contribution in [-0.2, 0) is 6.54 Å². The minimum absolute atomic E-state index is 0.131. The third kappa shape index (κ3) is 4.55. The van der Waals surface area contributed by atoms with Crippen LogP contribution in [0.4, 0.5) is 4.39 Å². The van der Waals surface area contributed by atoms with Crippen molar-refractivity contribution in [1.29, 1.82) is 0 Å². The van der Waals surface area contributed by atoms with Gasteiger partial charge in [-0.3, -0.25) is 0 Å². The van der Waals surface area contributed by atoms with Crippen LogP contribution < -0.4 is 5.32 Å². The maximum Gasteiger partial charge on any atom is 0.127 e. The summed E-state index contributed by atoms with van der Waals surface area (Å²) in [4.78, 5) is 2.09. The summed E-state index contributed by atoms with van der Waals surface area (Å²) < 4.78 is 13.3. The molecule has 1 aromatic carbocycles. The van der Waals surface area contributed by atoms with Gasteiger partial charge in [0.2, 0.25) is 0 Å². The van der Waals surface area contributed by atoms with Gasteiger partial charge in [0.1, 0.15) is 5.82 Å². The van der Waals surface area contributed by atoms with Crippen LogP contribution in [0, 0.1) is 5.82 Å². The molecule has 0 unspecified atom stereocenters. The largest absolute Gasteiger partial charge is 0.312 e. The molecule has 3 heteroatoms. The Hall–Kier alpha value is -1.19. The monoisotopic (exact) mass is 222 g/mol. The Balaban J connectivity index is 2.31. The molecule has 0 heterocycles. The zero-order chi connectivity index (χ0) is 11.8. The molecule has 0 spiro atoms. The van der Waals surface area contributed by atoms with Crippen LogP contribution in [-0.4, -0.2) is 31.6 Å². The molecule has 16 heavy (non-hydrogen) atoms. The van der Waals surface area contributed by atoms with Crippen LogP contribution >= 0.6 is 0 Å². The molecular weight excluding hydrogens is 203 g/mol. The molecule has 2 nitrogen and oxygen atoms in total. The average molecular weight is 222 g/mol. The lowest BCUT2D eigenvalue weighted by Crippen LogP contribution is -2.29. The highest BCUT2D eigenvalue weighted by Gasteiger charge is 2.03. The first kappa shape index (κ1) is 12.9. The molecule has 0 aromatic heterocycles.